The van der Waals surface area contributed by atoms with Crippen molar-refractivity contribution in [3.63, 3.8) is 0 Å². The van der Waals surface area contributed by atoms with Crippen LogP contribution in [0.5, 0.6) is 0 Å². The van der Waals surface area contributed by atoms with Crippen molar-refractivity contribution in [2.24, 2.45) is 0 Å². The van der Waals surface area contributed by atoms with Gasteiger partial charge in [0.2, 0.25) is 0 Å². The first kappa shape index (κ1) is 26.0. The normalized spacial score (nSPS) is 21.5. The highest BCUT2D eigenvalue weighted by atomic mass is 32.2. The molecule has 1 heterocycles. The molecule has 0 saturated heterocycles. The number of allylic oxidation sites excluding steroid dienone is 1. The Kier molecular flexibility index (Phi) is 7.33. The van der Waals surface area contributed by atoms with Crippen LogP contribution in [0.3, 0.4) is 0 Å². The molecule has 0 amide bonds. The second kappa shape index (κ2) is 10.1. The van der Waals surface area contributed by atoms with E-state index in [1.807, 2.05) is 6.07 Å². The maximum absolute atomic E-state index is 13.4. The van der Waals surface area contributed by atoms with Crippen LogP contribution in [-0.2, 0) is 21.8 Å². The van der Waals surface area contributed by atoms with E-state index in [-0.39, 0.29) is 48.7 Å². The van der Waals surface area contributed by atoms with Gasteiger partial charge in [0.15, 0.2) is 12.1 Å². The fourth-order valence-electron chi connectivity index (χ4n) is 4.71. The molecule has 7 nitrogen and oxygen atoms in total. The van der Waals surface area contributed by atoms with E-state index in [0.717, 1.165) is 12.1 Å². The summed E-state index contributed by atoms with van der Waals surface area (Å²) in [5.41, 5.74) is 0.658. The first-order chi connectivity index (χ1) is 17.1. The number of carbonyl (C=O) groups excluding carboxylic acids is 1. The molecule has 0 fully saturated rings. The summed E-state index contributed by atoms with van der Waals surface area (Å²) in [4.78, 5) is 16.2. The van der Waals surface area contributed by atoms with Gasteiger partial charge < -0.3 is 15.1 Å². The third-order valence-corrected chi connectivity index (χ3v) is 7.89. The van der Waals surface area contributed by atoms with E-state index in [1.54, 1.807) is 6.07 Å². The van der Waals surface area contributed by atoms with Crippen LogP contribution in [0.25, 0.3) is 0 Å². The van der Waals surface area contributed by atoms with E-state index in [1.165, 1.54) is 41.1 Å². The highest BCUT2D eigenvalue weighted by Crippen LogP contribution is 2.47. The van der Waals surface area contributed by atoms with E-state index in [4.69, 9.17) is 5.11 Å². The van der Waals surface area contributed by atoms with Crippen molar-refractivity contribution in [3.05, 3.63) is 70.4 Å². The predicted molar refractivity (Wildman–Crippen MR) is 126 cm³/mol. The molecule has 0 bridgehead atoms. The summed E-state index contributed by atoms with van der Waals surface area (Å²) in [7, 11) is -0.0716. The van der Waals surface area contributed by atoms with Gasteiger partial charge in [0.25, 0.3) is 0 Å². The van der Waals surface area contributed by atoms with Crippen molar-refractivity contribution >= 4 is 22.3 Å². The fraction of sp³-hybridized carbons (Fsp3) is 0.360. The maximum atomic E-state index is 13.4. The Morgan fingerprint density at radius 1 is 1.19 bits per heavy atom. The van der Waals surface area contributed by atoms with Gasteiger partial charge in [-0.3, -0.25) is 13.9 Å². The second-order valence-electron chi connectivity index (χ2n) is 8.61. The molecule has 2 aromatic carbocycles. The van der Waals surface area contributed by atoms with Gasteiger partial charge in [-0.05, 0) is 55.8 Å². The summed E-state index contributed by atoms with van der Waals surface area (Å²) in [5.74, 6) is -0.0877. The molecule has 3 atom stereocenters. The number of carbonyl (C=O) groups is 1. The zero-order valence-electron chi connectivity index (χ0n) is 19.3. The van der Waals surface area contributed by atoms with Crippen LogP contribution in [0.4, 0.5) is 18.9 Å². The van der Waals surface area contributed by atoms with E-state index in [0.29, 0.717) is 21.7 Å². The van der Waals surface area contributed by atoms with Gasteiger partial charge in [0.05, 0.1) is 34.0 Å². The summed E-state index contributed by atoms with van der Waals surface area (Å²) in [6.07, 6.45) is -5.38. The van der Waals surface area contributed by atoms with E-state index >= 15 is 0 Å². The number of hydrogen-bond acceptors (Lipinski definition) is 7. The minimum Gasteiger partial charge on any atom is -0.396 e. The summed E-state index contributed by atoms with van der Waals surface area (Å²) < 4.78 is 53.2. The fourth-order valence-corrected chi connectivity index (χ4v) is 6.02. The molecule has 0 saturated carbocycles. The lowest BCUT2D eigenvalue weighted by molar-refractivity contribution is -0.137. The van der Waals surface area contributed by atoms with Gasteiger partial charge in [-0.1, -0.05) is 12.1 Å². The van der Waals surface area contributed by atoms with Crippen LogP contribution in [0, 0.1) is 11.3 Å². The Hall–Kier alpha value is -3.04. The lowest BCUT2D eigenvalue weighted by Gasteiger charge is -2.45. The van der Waals surface area contributed by atoms with Gasteiger partial charge in [0, 0.05) is 40.6 Å². The number of hydrogen-bond donors (Lipinski definition) is 2. The Morgan fingerprint density at radius 2 is 1.94 bits per heavy atom. The van der Waals surface area contributed by atoms with Gasteiger partial charge >= 0.3 is 6.18 Å². The number of aliphatic hydroxyl groups is 2. The van der Waals surface area contributed by atoms with Gasteiger partial charge in [-0.15, -0.1) is 0 Å². The Balaban J connectivity index is 1.87. The molecule has 0 spiro atoms. The highest BCUT2D eigenvalue weighted by Gasteiger charge is 2.45. The van der Waals surface area contributed by atoms with E-state index in [2.05, 4.69) is 0 Å². The molecular weight excluding hydrogens is 495 g/mol. The number of likely N-dealkylation sites (N-methyl/N-ethyl adjacent to an activating group) is 1. The second-order valence-corrected chi connectivity index (χ2v) is 10.1. The quantitative estimate of drug-likeness (QED) is 0.602. The molecule has 1 aliphatic heterocycles. The summed E-state index contributed by atoms with van der Waals surface area (Å²) in [5, 5.41) is 29.8. The number of alkyl halides is 3. The monoisotopic (exact) mass is 519 g/mol. The van der Waals surface area contributed by atoms with Crippen molar-refractivity contribution in [1.29, 1.82) is 5.26 Å². The topological polar surface area (TPSA) is 105 Å². The minimum absolute atomic E-state index is 0.0939. The first-order valence-corrected chi connectivity index (χ1v) is 12.6. The number of rotatable bonds is 6. The molecule has 11 heteroatoms. The third-order valence-electron chi connectivity index (χ3n) is 6.39. The lowest BCUT2D eigenvalue weighted by atomic mass is 9.92. The van der Waals surface area contributed by atoms with Crippen molar-refractivity contribution in [2.45, 2.75) is 42.7 Å². The number of ketones is 1. The maximum Gasteiger partial charge on any atom is 0.416 e. The zero-order valence-corrected chi connectivity index (χ0v) is 20.1. The number of nitrogens with zero attached hydrogens (tertiary/aromatic N) is 3. The molecule has 2 aromatic rings. The molecule has 1 aliphatic carbocycles. The Labute approximate surface area is 208 Å². The van der Waals surface area contributed by atoms with Crippen molar-refractivity contribution in [2.75, 3.05) is 24.3 Å². The van der Waals surface area contributed by atoms with Crippen molar-refractivity contribution < 1.29 is 32.4 Å². The van der Waals surface area contributed by atoms with Crippen LogP contribution >= 0.6 is 0 Å². The Morgan fingerprint density at radius 3 is 2.61 bits per heavy atom. The van der Waals surface area contributed by atoms with Crippen LogP contribution in [0.1, 0.15) is 42.0 Å². The third kappa shape index (κ3) is 4.69. The standard InChI is InChI=1S/C25H24F3N3O4S/c1-30-23(18-7-6-15(14-29)12-21(18)36(35)11-3-10-32)22-19(8-9-20(22)33)31(24(30)34)17-5-2-4-16(13-17)25(26,27)28/h2,4-7,12-13,23-24,32,34H,3,8-11H2,1H3. The number of halogens is 3. The minimum atomic E-state index is -4.58. The molecular formula is C25H24F3N3O4S. The van der Waals surface area contributed by atoms with Crippen LogP contribution in [-0.4, -0.2) is 50.9 Å². The molecule has 36 heavy (non-hydrogen) atoms. The molecule has 190 valence electrons. The summed E-state index contributed by atoms with van der Waals surface area (Å²) in [6.45, 7) is -0.166. The van der Waals surface area contributed by atoms with E-state index in [9.17, 15) is 32.5 Å². The number of benzene rings is 2. The van der Waals surface area contributed by atoms with E-state index < -0.39 is 34.9 Å². The number of aliphatic hydroxyl groups excluding tert-OH is 2. The average Bonchev–Trinajstić information content (AvgIpc) is 3.23. The predicted octanol–water partition coefficient (Wildman–Crippen LogP) is 3.45. The molecule has 0 radical (unpaired) electrons. The van der Waals surface area contributed by atoms with Crippen LogP contribution in [0.15, 0.2) is 58.6 Å². The zero-order chi connectivity index (χ0) is 26.2. The molecule has 3 unspecified atom stereocenters. The molecule has 2 aliphatic rings. The van der Waals surface area contributed by atoms with Gasteiger partial charge in [-0.25, -0.2) is 0 Å². The summed E-state index contributed by atoms with van der Waals surface area (Å²) in [6, 6.07) is 10.3. The van der Waals surface area contributed by atoms with Gasteiger partial charge in [0.1, 0.15) is 0 Å². The molecule has 0 aromatic heterocycles. The molecule has 4 rings (SSSR count). The Bertz CT molecular complexity index is 1290. The average molecular weight is 520 g/mol. The lowest BCUT2D eigenvalue weighted by Crippen LogP contribution is -2.52. The number of nitriles is 1. The summed E-state index contributed by atoms with van der Waals surface area (Å²) >= 11 is 0. The number of Topliss-reactive ketones (excluding diaryl/α,β-unsaturated/α-hetero) is 1. The van der Waals surface area contributed by atoms with Crippen molar-refractivity contribution in [1.82, 2.24) is 4.90 Å². The highest BCUT2D eigenvalue weighted by molar-refractivity contribution is 7.85. The SMILES string of the molecule is CN1C(c2ccc(C#N)cc2S(=O)CCCO)C2=C(CCC2=O)N(c2cccc(C(F)(F)F)c2)C1O. The van der Waals surface area contributed by atoms with Gasteiger partial charge in [-0.2, -0.15) is 18.4 Å². The molecule has 2 N–H and O–H groups in total. The number of anilines is 1. The van der Waals surface area contributed by atoms with Crippen LogP contribution < -0.4 is 4.90 Å². The smallest absolute Gasteiger partial charge is 0.396 e. The largest absolute Gasteiger partial charge is 0.416 e. The first-order valence-electron chi connectivity index (χ1n) is 11.2. The van der Waals surface area contributed by atoms with Crippen molar-refractivity contribution in [3.8, 4) is 6.07 Å². The van der Waals surface area contributed by atoms with Crippen LogP contribution in [0.2, 0.25) is 0 Å².